The monoisotopic (exact) mass is 164 g/mol. The molecule has 1 nitrogen and oxygen atoms in total. The Kier molecular flexibility index (Phi) is 3.16. The molecule has 0 aliphatic heterocycles. The van der Waals surface area contributed by atoms with Gasteiger partial charge in [0.05, 0.1) is 0 Å². The lowest BCUT2D eigenvalue weighted by Crippen LogP contribution is -1.98. The van der Waals surface area contributed by atoms with Crippen LogP contribution in [-0.4, -0.2) is 13.3 Å². The van der Waals surface area contributed by atoms with Gasteiger partial charge < -0.3 is 4.74 Å². The molecule has 0 N–H and O–H groups in total. The molecule has 12 heavy (non-hydrogen) atoms. The van der Waals surface area contributed by atoms with Crippen LogP contribution in [0.3, 0.4) is 0 Å². The summed E-state index contributed by atoms with van der Waals surface area (Å²) in [6, 6.07) is 6.97. The zero-order valence-electron chi connectivity index (χ0n) is 6.59. The fourth-order valence-electron chi connectivity index (χ4n) is 0.804. The molecule has 0 bridgehead atoms. The normalized spacial score (nSPS) is 9.00. The molecule has 0 saturated carbocycles. The van der Waals surface area contributed by atoms with Crippen LogP contribution in [0.5, 0.6) is 5.75 Å². The van der Waals surface area contributed by atoms with Crippen molar-refractivity contribution in [2.45, 2.75) is 0 Å². The molecule has 0 heterocycles. The van der Waals surface area contributed by atoms with E-state index in [2.05, 4.69) is 5.92 Å². The molecular weight excluding hydrogens is 155 g/mol. The third-order valence-electron chi connectivity index (χ3n) is 1.37. The zero-order valence-corrected chi connectivity index (χ0v) is 6.59. The van der Waals surface area contributed by atoms with Gasteiger partial charge in [-0.15, -0.1) is 6.42 Å². The van der Waals surface area contributed by atoms with Crippen LogP contribution in [0.15, 0.2) is 24.3 Å². The quantitative estimate of drug-likeness (QED) is 0.621. The second-order valence-corrected chi connectivity index (χ2v) is 2.21. The summed E-state index contributed by atoms with van der Waals surface area (Å²) in [6.45, 7) is -0.383. The second-order valence-electron chi connectivity index (χ2n) is 2.21. The molecule has 0 aromatic heterocycles. The Morgan fingerprint density at radius 1 is 1.33 bits per heavy atom. The molecule has 0 fully saturated rings. The van der Waals surface area contributed by atoms with Crippen molar-refractivity contribution in [1.29, 1.82) is 0 Å². The SMILES string of the molecule is C#Cc1ccc(OCCF)cc1. The van der Waals surface area contributed by atoms with Crippen LogP contribution < -0.4 is 4.74 Å². The number of ether oxygens (including phenoxy) is 1. The number of terminal acetylenes is 1. The first-order valence-electron chi connectivity index (χ1n) is 3.62. The summed E-state index contributed by atoms with van der Waals surface area (Å²) >= 11 is 0. The topological polar surface area (TPSA) is 9.23 Å². The summed E-state index contributed by atoms with van der Waals surface area (Å²) in [7, 11) is 0. The second kappa shape index (κ2) is 4.40. The smallest absolute Gasteiger partial charge is 0.123 e. The molecule has 62 valence electrons. The van der Waals surface area contributed by atoms with Crippen LogP contribution in [-0.2, 0) is 0 Å². The maximum atomic E-state index is 11.7. The highest BCUT2D eigenvalue weighted by Crippen LogP contribution is 2.10. The first-order valence-corrected chi connectivity index (χ1v) is 3.62. The average Bonchev–Trinajstić information content (AvgIpc) is 2.15. The van der Waals surface area contributed by atoms with Gasteiger partial charge in [0.15, 0.2) is 0 Å². The third kappa shape index (κ3) is 2.28. The molecule has 0 atom stereocenters. The van der Waals surface area contributed by atoms with Gasteiger partial charge in [-0.3, -0.25) is 0 Å². The molecule has 0 radical (unpaired) electrons. The van der Waals surface area contributed by atoms with E-state index >= 15 is 0 Å². The number of rotatable bonds is 3. The molecule has 0 unspecified atom stereocenters. The highest BCUT2D eigenvalue weighted by atomic mass is 19.1. The van der Waals surface area contributed by atoms with Crippen molar-refractivity contribution in [2.24, 2.45) is 0 Å². The highest BCUT2D eigenvalue weighted by Gasteiger charge is 1.91. The molecule has 2 heteroatoms. The van der Waals surface area contributed by atoms with Crippen molar-refractivity contribution in [3.63, 3.8) is 0 Å². The van der Waals surface area contributed by atoms with Gasteiger partial charge in [0, 0.05) is 5.56 Å². The molecular formula is C10H9FO. The maximum Gasteiger partial charge on any atom is 0.123 e. The van der Waals surface area contributed by atoms with Crippen LogP contribution in [0.4, 0.5) is 4.39 Å². The Morgan fingerprint density at radius 3 is 2.50 bits per heavy atom. The van der Waals surface area contributed by atoms with E-state index in [1.54, 1.807) is 24.3 Å². The van der Waals surface area contributed by atoms with E-state index in [1.165, 1.54) is 0 Å². The minimum atomic E-state index is -0.475. The van der Waals surface area contributed by atoms with E-state index in [0.29, 0.717) is 5.75 Å². The van der Waals surface area contributed by atoms with E-state index in [-0.39, 0.29) is 6.61 Å². The molecule has 0 aliphatic rings. The first kappa shape index (κ1) is 8.61. The van der Waals surface area contributed by atoms with Crippen molar-refractivity contribution in [1.82, 2.24) is 0 Å². The molecule has 1 aromatic carbocycles. The van der Waals surface area contributed by atoms with Crippen LogP contribution >= 0.6 is 0 Å². The Morgan fingerprint density at radius 2 is 2.00 bits per heavy atom. The van der Waals surface area contributed by atoms with E-state index in [0.717, 1.165) is 5.56 Å². The molecule has 0 saturated heterocycles. The third-order valence-corrected chi connectivity index (χ3v) is 1.37. The van der Waals surface area contributed by atoms with Gasteiger partial charge in [-0.2, -0.15) is 0 Å². The Bertz CT molecular complexity index is 271. The number of halogens is 1. The Labute approximate surface area is 71.2 Å². The van der Waals surface area contributed by atoms with Gasteiger partial charge in [0.2, 0.25) is 0 Å². The number of hydrogen-bond acceptors (Lipinski definition) is 1. The lowest BCUT2D eigenvalue weighted by atomic mass is 10.2. The highest BCUT2D eigenvalue weighted by molar-refractivity contribution is 5.36. The zero-order chi connectivity index (χ0) is 8.81. The summed E-state index contributed by atoms with van der Waals surface area (Å²) < 4.78 is 16.7. The number of hydrogen-bond donors (Lipinski definition) is 0. The van der Waals surface area contributed by atoms with Crippen molar-refractivity contribution < 1.29 is 9.13 Å². The van der Waals surface area contributed by atoms with Crippen LogP contribution in [0.1, 0.15) is 5.56 Å². The number of alkyl halides is 1. The summed E-state index contributed by atoms with van der Waals surface area (Å²) in [5.41, 5.74) is 0.794. The van der Waals surface area contributed by atoms with Crippen LogP contribution in [0, 0.1) is 12.3 Å². The first-order chi connectivity index (χ1) is 5.86. The van der Waals surface area contributed by atoms with E-state index in [1.807, 2.05) is 0 Å². The van der Waals surface area contributed by atoms with Crippen molar-refractivity contribution in [3.8, 4) is 18.1 Å². The molecule has 1 aromatic rings. The average molecular weight is 164 g/mol. The predicted octanol–water partition coefficient (Wildman–Crippen LogP) is 2.02. The summed E-state index contributed by atoms with van der Waals surface area (Å²) in [4.78, 5) is 0. The maximum absolute atomic E-state index is 11.7. The molecule has 0 spiro atoms. The lowest BCUT2D eigenvalue weighted by molar-refractivity contribution is 0.273. The summed E-state index contributed by atoms with van der Waals surface area (Å²) in [5.74, 6) is 3.13. The van der Waals surface area contributed by atoms with Gasteiger partial charge in [-0.05, 0) is 24.3 Å². The van der Waals surface area contributed by atoms with E-state index in [4.69, 9.17) is 11.2 Å². The van der Waals surface area contributed by atoms with Crippen molar-refractivity contribution in [2.75, 3.05) is 13.3 Å². The molecule has 0 aliphatic carbocycles. The Hall–Kier alpha value is -1.49. The van der Waals surface area contributed by atoms with Gasteiger partial charge in [0.1, 0.15) is 19.0 Å². The molecule has 1 rings (SSSR count). The van der Waals surface area contributed by atoms with E-state index < -0.39 is 6.67 Å². The minimum absolute atomic E-state index is 0.0927. The fourth-order valence-corrected chi connectivity index (χ4v) is 0.804. The van der Waals surface area contributed by atoms with Gasteiger partial charge in [-0.25, -0.2) is 4.39 Å². The van der Waals surface area contributed by atoms with Crippen LogP contribution in [0.2, 0.25) is 0 Å². The molecule has 0 amide bonds. The van der Waals surface area contributed by atoms with Crippen molar-refractivity contribution in [3.05, 3.63) is 29.8 Å². The number of benzene rings is 1. The Balaban J connectivity index is 2.60. The van der Waals surface area contributed by atoms with E-state index in [9.17, 15) is 4.39 Å². The fraction of sp³-hybridized carbons (Fsp3) is 0.200. The largest absolute Gasteiger partial charge is 0.491 e. The summed E-state index contributed by atoms with van der Waals surface area (Å²) in [5, 5.41) is 0. The lowest BCUT2D eigenvalue weighted by Gasteiger charge is -2.02. The van der Waals surface area contributed by atoms with Gasteiger partial charge >= 0.3 is 0 Å². The van der Waals surface area contributed by atoms with Gasteiger partial charge in [-0.1, -0.05) is 5.92 Å². The van der Waals surface area contributed by atoms with Crippen LogP contribution in [0.25, 0.3) is 0 Å². The van der Waals surface area contributed by atoms with Crippen molar-refractivity contribution >= 4 is 0 Å². The summed E-state index contributed by atoms with van der Waals surface area (Å²) in [6.07, 6.45) is 5.15. The standard InChI is InChI=1S/C10H9FO/c1-2-9-3-5-10(6-4-9)12-8-7-11/h1,3-6H,7-8H2. The minimum Gasteiger partial charge on any atom is -0.491 e. The van der Waals surface area contributed by atoms with Gasteiger partial charge in [0.25, 0.3) is 0 Å². The predicted molar refractivity (Wildman–Crippen MR) is 45.8 cm³/mol.